The van der Waals surface area contributed by atoms with Gasteiger partial charge in [0.1, 0.15) is 24.4 Å². The van der Waals surface area contributed by atoms with Gasteiger partial charge in [-0.1, -0.05) is 34.6 Å². The standard InChI is InChI=1S/C36H62O10/c1-31(2)23(39)10-12-33(5)22-15-19(38)25-18(36(8)14-11-24(46-36)32(3,4)43)9-13-34(25,6)35(22,7)16-20(29(31)33)44-30-28(42)27(41)26(40)21(17-37)45-30/h18-30,37-43H,9-17H2,1-8H3/t18-,19+,20-,21+,22+,23-,24+,25-,26+,27-,28+,29-,30+,33+,34+,35+,36-/m1/s1. The Morgan fingerprint density at radius 1 is 0.826 bits per heavy atom. The Hall–Kier alpha value is -0.400. The van der Waals surface area contributed by atoms with Crippen LogP contribution in [0.5, 0.6) is 0 Å². The first-order chi connectivity index (χ1) is 21.2. The van der Waals surface area contributed by atoms with Gasteiger partial charge in [0.15, 0.2) is 6.29 Å². The van der Waals surface area contributed by atoms with Gasteiger partial charge in [0, 0.05) is 0 Å². The molecule has 266 valence electrons. The van der Waals surface area contributed by atoms with Gasteiger partial charge in [-0.2, -0.15) is 0 Å². The molecule has 0 aromatic heterocycles. The second-order valence-corrected chi connectivity index (χ2v) is 18.4. The van der Waals surface area contributed by atoms with Crippen LogP contribution in [0.1, 0.15) is 107 Å². The molecular weight excluding hydrogens is 592 g/mol. The van der Waals surface area contributed by atoms with E-state index < -0.39 is 72.2 Å². The van der Waals surface area contributed by atoms with Crippen LogP contribution in [-0.2, 0) is 14.2 Å². The molecule has 10 heteroatoms. The first-order valence-corrected chi connectivity index (χ1v) is 17.9. The van der Waals surface area contributed by atoms with Gasteiger partial charge in [-0.3, -0.25) is 0 Å². The van der Waals surface area contributed by atoms with Gasteiger partial charge < -0.3 is 50.0 Å². The number of aliphatic hydroxyl groups is 7. The molecule has 0 unspecified atom stereocenters. The van der Waals surface area contributed by atoms with Gasteiger partial charge in [0.25, 0.3) is 0 Å². The highest BCUT2D eigenvalue weighted by atomic mass is 16.7. The Morgan fingerprint density at radius 3 is 2.11 bits per heavy atom. The van der Waals surface area contributed by atoms with E-state index in [1.165, 1.54) is 0 Å². The minimum absolute atomic E-state index is 0.0189. The monoisotopic (exact) mass is 654 g/mol. The lowest BCUT2D eigenvalue weighted by atomic mass is 9.34. The van der Waals surface area contributed by atoms with E-state index in [2.05, 4.69) is 41.5 Å². The number of hydrogen-bond acceptors (Lipinski definition) is 10. The van der Waals surface area contributed by atoms with Crippen LogP contribution in [0.2, 0.25) is 0 Å². The number of ether oxygens (including phenoxy) is 3. The molecule has 6 fully saturated rings. The fraction of sp³-hybridized carbons (Fsp3) is 1.00. The third-order valence-electron chi connectivity index (χ3n) is 15.3. The summed E-state index contributed by atoms with van der Waals surface area (Å²) in [4.78, 5) is 0. The van der Waals surface area contributed by atoms with Crippen LogP contribution in [-0.4, -0.2) is 109 Å². The zero-order valence-electron chi connectivity index (χ0n) is 29.2. The van der Waals surface area contributed by atoms with Gasteiger partial charge in [-0.25, -0.2) is 0 Å². The molecule has 0 aromatic carbocycles. The predicted molar refractivity (Wildman–Crippen MR) is 169 cm³/mol. The van der Waals surface area contributed by atoms with Crippen LogP contribution in [0.25, 0.3) is 0 Å². The molecule has 0 radical (unpaired) electrons. The van der Waals surface area contributed by atoms with E-state index in [-0.39, 0.29) is 46.0 Å². The average Bonchev–Trinajstić information content (AvgIpc) is 3.55. The van der Waals surface area contributed by atoms with E-state index in [1.54, 1.807) is 13.8 Å². The first kappa shape index (κ1) is 35.4. The molecule has 2 saturated heterocycles. The molecule has 2 aliphatic heterocycles. The van der Waals surface area contributed by atoms with Crippen molar-refractivity contribution in [3.8, 4) is 0 Å². The van der Waals surface area contributed by atoms with Crippen LogP contribution in [0, 0.1) is 45.3 Å². The van der Waals surface area contributed by atoms with Crippen molar-refractivity contribution in [2.45, 2.75) is 173 Å². The van der Waals surface area contributed by atoms with Crippen LogP contribution < -0.4 is 0 Å². The third-order valence-corrected chi connectivity index (χ3v) is 15.3. The summed E-state index contributed by atoms with van der Waals surface area (Å²) in [5.41, 5.74) is -2.83. The summed E-state index contributed by atoms with van der Waals surface area (Å²) in [5.74, 6) is 0.0944. The second kappa shape index (κ2) is 11.3. The number of aliphatic hydroxyl groups excluding tert-OH is 6. The molecule has 17 atom stereocenters. The van der Waals surface area contributed by atoms with Gasteiger partial charge in [0.2, 0.25) is 0 Å². The largest absolute Gasteiger partial charge is 0.394 e. The molecule has 0 spiro atoms. The molecule has 6 rings (SSSR count). The molecule has 4 saturated carbocycles. The molecule has 4 aliphatic carbocycles. The maximum absolute atomic E-state index is 12.2. The van der Waals surface area contributed by atoms with Crippen LogP contribution in [0.3, 0.4) is 0 Å². The minimum Gasteiger partial charge on any atom is -0.394 e. The predicted octanol–water partition coefficient (Wildman–Crippen LogP) is 2.51. The van der Waals surface area contributed by atoms with Gasteiger partial charge in [-0.05, 0) is 117 Å². The normalized spacial score (nSPS) is 57.1. The Kier molecular flexibility index (Phi) is 8.71. The van der Waals surface area contributed by atoms with Crippen LogP contribution >= 0.6 is 0 Å². The fourth-order valence-electron chi connectivity index (χ4n) is 12.7. The molecule has 2 heterocycles. The highest BCUT2D eigenvalue weighted by Gasteiger charge is 2.74. The molecule has 0 aromatic rings. The lowest BCUT2D eigenvalue weighted by molar-refractivity contribution is -0.347. The highest BCUT2D eigenvalue weighted by Crippen LogP contribution is 2.76. The van der Waals surface area contributed by atoms with E-state index in [4.69, 9.17) is 14.2 Å². The molecule has 0 bridgehead atoms. The summed E-state index contributed by atoms with van der Waals surface area (Å²) in [7, 11) is 0. The van der Waals surface area contributed by atoms with Crippen molar-refractivity contribution in [2.75, 3.05) is 6.61 Å². The molecular formula is C36H62O10. The lowest BCUT2D eigenvalue weighted by Crippen LogP contribution is -2.71. The van der Waals surface area contributed by atoms with E-state index in [9.17, 15) is 35.7 Å². The summed E-state index contributed by atoms with van der Waals surface area (Å²) in [6.45, 7) is 16.4. The van der Waals surface area contributed by atoms with Crippen molar-refractivity contribution < 1.29 is 50.0 Å². The van der Waals surface area contributed by atoms with Crippen molar-refractivity contribution >= 4 is 0 Å². The quantitative estimate of drug-likeness (QED) is 0.219. The maximum Gasteiger partial charge on any atom is 0.186 e. The second-order valence-electron chi connectivity index (χ2n) is 18.4. The molecule has 6 aliphatic rings. The van der Waals surface area contributed by atoms with Crippen molar-refractivity contribution in [1.82, 2.24) is 0 Å². The summed E-state index contributed by atoms with van der Waals surface area (Å²) >= 11 is 0. The Morgan fingerprint density at radius 2 is 1.50 bits per heavy atom. The molecule has 10 nitrogen and oxygen atoms in total. The van der Waals surface area contributed by atoms with Gasteiger partial charge in [-0.15, -0.1) is 0 Å². The fourth-order valence-corrected chi connectivity index (χ4v) is 12.7. The van der Waals surface area contributed by atoms with Crippen molar-refractivity contribution in [3.63, 3.8) is 0 Å². The van der Waals surface area contributed by atoms with Crippen molar-refractivity contribution in [3.05, 3.63) is 0 Å². The SMILES string of the molecule is CC(C)(O)[C@@H]1CC[C@](C)([C@@H]2CC[C@@]3(C)[C@H]2[C@@H](O)C[C@H]2[C@]4(C)CC[C@@H](O)C(C)(C)[C@H]4[C@H](O[C@H]4O[C@@H](CO)[C@H](O)[C@@H](O)[C@@H]4O)C[C@@]23C)O1. The third kappa shape index (κ3) is 4.94. The summed E-state index contributed by atoms with van der Waals surface area (Å²) in [6, 6.07) is 0. The minimum atomic E-state index is -1.54. The number of fused-ring (bicyclic) bond motifs is 5. The first-order valence-electron chi connectivity index (χ1n) is 17.9. The molecule has 7 N–H and O–H groups in total. The average molecular weight is 655 g/mol. The van der Waals surface area contributed by atoms with Crippen molar-refractivity contribution in [2.24, 2.45) is 45.3 Å². The molecule has 0 amide bonds. The summed E-state index contributed by atoms with van der Waals surface area (Å²) in [6.07, 6.45) is -2.57. The molecule has 46 heavy (non-hydrogen) atoms. The zero-order chi connectivity index (χ0) is 34.0. The van der Waals surface area contributed by atoms with Gasteiger partial charge in [0.05, 0.1) is 42.2 Å². The maximum atomic E-state index is 12.2. The van der Waals surface area contributed by atoms with E-state index in [0.717, 1.165) is 32.1 Å². The van der Waals surface area contributed by atoms with E-state index in [0.29, 0.717) is 19.3 Å². The number of hydrogen-bond donors (Lipinski definition) is 7. The van der Waals surface area contributed by atoms with E-state index >= 15 is 0 Å². The van der Waals surface area contributed by atoms with Crippen molar-refractivity contribution in [1.29, 1.82) is 0 Å². The lowest BCUT2D eigenvalue weighted by Gasteiger charge is -2.72. The van der Waals surface area contributed by atoms with E-state index in [1.807, 2.05) is 0 Å². The van der Waals surface area contributed by atoms with Crippen LogP contribution in [0.15, 0.2) is 0 Å². The zero-order valence-corrected chi connectivity index (χ0v) is 29.2. The smallest absolute Gasteiger partial charge is 0.186 e. The Labute approximate surface area is 274 Å². The number of rotatable bonds is 5. The Bertz CT molecular complexity index is 1140. The topological polar surface area (TPSA) is 169 Å². The Balaban J connectivity index is 1.38. The summed E-state index contributed by atoms with van der Waals surface area (Å²) < 4.78 is 19.4. The summed E-state index contributed by atoms with van der Waals surface area (Å²) in [5, 5.41) is 76.4. The van der Waals surface area contributed by atoms with Crippen LogP contribution in [0.4, 0.5) is 0 Å². The van der Waals surface area contributed by atoms with Gasteiger partial charge >= 0.3 is 0 Å². The highest BCUT2D eigenvalue weighted by molar-refractivity contribution is 5.22.